The molecule has 8 heteroatoms. The van der Waals surface area contributed by atoms with Gasteiger partial charge in [0.15, 0.2) is 6.61 Å². The Morgan fingerprint density at radius 1 is 1.15 bits per heavy atom. The maximum Gasteiger partial charge on any atom is 0.277 e. The topological polar surface area (TPSA) is 77.2 Å². The summed E-state index contributed by atoms with van der Waals surface area (Å²) in [5.74, 6) is 1.15. The van der Waals surface area contributed by atoms with Gasteiger partial charge in [-0.25, -0.2) is 0 Å². The molecule has 0 fully saturated rings. The molecule has 1 amide bonds. The number of para-hydroxylation sites is 1. The minimum Gasteiger partial charge on any atom is -0.483 e. The summed E-state index contributed by atoms with van der Waals surface area (Å²) >= 11 is 6.98. The van der Waals surface area contributed by atoms with Crippen LogP contribution in [0.1, 0.15) is 17.0 Å². The lowest BCUT2D eigenvalue weighted by atomic mass is 10.1. The SMILES string of the molecule is Cc1cccc(C)c1OCc1nnc(SCC(=O)Nc2ccc(Cl)cc2)o1. The van der Waals surface area contributed by atoms with E-state index in [1.54, 1.807) is 24.3 Å². The number of rotatable bonds is 7. The first-order valence-corrected chi connectivity index (χ1v) is 9.57. The fourth-order valence-corrected chi connectivity index (χ4v) is 3.08. The molecule has 2 aromatic carbocycles. The summed E-state index contributed by atoms with van der Waals surface area (Å²) < 4.78 is 11.3. The average molecular weight is 404 g/mol. The van der Waals surface area contributed by atoms with Crippen LogP contribution in [-0.2, 0) is 11.4 Å². The van der Waals surface area contributed by atoms with E-state index in [1.165, 1.54) is 11.8 Å². The molecule has 1 aromatic heterocycles. The number of ether oxygens (including phenoxy) is 1. The molecule has 6 nitrogen and oxygen atoms in total. The Hall–Kier alpha value is -2.51. The van der Waals surface area contributed by atoms with Crippen molar-refractivity contribution in [2.45, 2.75) is 25.7 Å². The van der Waals surface area contributed by atoms with E-state index in [4.69, 9.17) is 20.8 Å². The number of carbonyl (C=O) groups excluding carboxylic acids is 1. The molecule has 27 heavy (non-hydrogen) atoms. The molecule has 140 valence electrons. The molecule has 0 unspecified atom stereocenters. The van der Waals surface area contributed by atoms with Crippen molar-refractivity contribution in [3.05, 3.63) is 64.5 Å². The Bertz CT molecular complexity index is 908. The third-order valence-electron chi connectivity index (χ3n) is 3.65. The van der Waals surface area contributed by atoms with E-state index in [2.05, 4.69) is 15.5 Å². The molecule has 3 aromatic rings. The van der Waals surface area contributed by atoms with Crippen LogP contribution in [0.2, 0.25) is 5.02 Å². The number of aromatic nitrogens is 2. The van der Waals surface area contributed by atoms with Crippen molar-refractivity contribution in [2.75, 3.05) is 11.1 Å². The third kappa shape index (κ3) is 5.48. The van der Waals surface area contributed by atoms with Crippen molar-refractivity contribution >= 4 is 35.0 Å². The van der Waals surface area contributed by atoms with Gasteiger partial charge in [-0.3, -0.25) is 4.79 Å². The number of hydrogen-bond donors (Lipinski definition) is 1. The number of amides is 1. The molecule has 0 aliphatic carbocycles. The van der Waals surface area contributed by atoms with Crippen LogP contribution in [0.4, 0.5) is 5.69 Å². The smallest absolute Gasteiger partial charge is 0.277 e. The first kappa shape index (κ1) is 19.3. The number of benzene rings is 2. The van der Waals surface area contributed by atoms with Crippen LogP contribution >= 0.6 is 23.4 Å². The minimum atomic E-state index is -0.172. The average Bonchev–Trinajstić information content (AvgIpc) is 3.09. The Balaban J connectivity index is 1.49. The van der Waals surface area contributed by atoms with Crippen molar-refractivity contribution < 1.29 is 13.9 Å². The Morgan fingerprint density at radius 3 is 2.56 bits per heavy atom. The molecule has 0 saturated carbocycles. The zero-order valence-corrected chi connectivity index (χ0v) is 16.4. The molecule has 0 saturated heterocycles. The van der Waals surface area contributed by atoms with Crippen molar-refractivity contribution in [3.63, 3.8) is 0 Å². The lowest BCUT2D eigenvalue weighted by Gasteiger charge is -2.09. The summed E-state index contributed by atoms with van der Waals surface area (Å²) in [7, 11) is 0. The van der Waals surface area contributed by atoms with E-state index in [0.29, 0.717) is 21.8 Å². The van der Waals surface area contributed by atoms with Crippen LogP contribution in [-0.4, -0.2) is 21.9 Å². The van der Waals surface area contributed by atoms with Crippen LogP contribution in [0.3, 0.4) is 0 Å². The van der Waals surface area contributed by atoms with E-state index in [-0.39, 0.29) is 18.3 Å². The van der Waals surface area contributed by atoms with Crippen molar-refractivity contribution in [1.82, 2.24) is 10.2 Å². The lowest BCUT2D eigenvalue weighted by molar-refractivity contribution is -0.113. The summed E-state index contributed by atoms with van der Waals surface area (Å²) in [6.07, 6.45) is 0. The molecule has 0 aliphatic heterocycles. The van der Waals surface area contributed by atoms with Crippen LogP contribution in [0.25, 0.3) is 0 Å². The zero-order valence-electron chi connectivity index (χ0n) is 14.9. The monoisotopic (exact) mass is 403 g/mol. The second-order valence-corrected chi connectivity index (χ2v) is 7.18. The predicted molar refractivity (Wildman–Crippen MR) is 105 cm³/mol. The van der Waals surface area contributed by atoms with Gasteiger partial charge in [0.2, 0.25) is 5.91 Å². The number of hydrogen-bond acceptors (Lipinski definition) is 6. The van der Waals surface area contributed by atoms with Gasteiger partial charge < -0.3 is 14.5 Å². The summed E-state index contributed by atoms with van der Waals surface area (Å²) in [6.45, 7) is 4.14. The molecule has 1 heterocycles. The summed E-state index contributed by atoms with van der Waals surface area (Å²) in [5.41, 5.74) is 2.77. The number of halogens is 1. The highest BCUT2D eigenvalue weighted by Crippen LogP contribution is 2.24. The van der Waals surface area contributed by atoms with Gasteiger partial charge in [-0.05, 0) is 49.2 Å². The van der Waals surface area contributed by atoms with Gasteiger partial charge in [-0.1, -0.05) is 41.6 Å². The molecular formula is C19H18ClN3O3S. The van der Waals surface area contributed by atoms with E-state index >= 15 is 0 Å². The van der Waals surface area contributed by atoms with Crippen LogP contribution in [0, 0.1) is 13.8 Å². The van der Waals surface area contributed by atoms with E-state index in [9.17, 15) is 4.79 Å². The summed E-state index contributed by atoms with van der Waals surface area (Å²) in [4.78, 5) is 12.0. The van der Waals surface area contributed by atoms with Crippen LogP contribution < -0.4 is 10.1 Å². The quantitative estimate of drug-likeness (QED) is 0.578. The molecule has 0 spiro atoms. The fraction of sp³-hybridized carbons (Fsp3) is 0.211. The normalized spacial score (nSPS) is 10.6. The molecule has 0 bridgehead atoms. The van der Waals surface area contributed by atoms with Crippen molar-refractivity contribution in [1.29, 1.82) is 0 Å². The van der Waals surface area contributed by atoms with Crippen LogP contribution in [0.5, 0.6) is 5.75 Å². The standard InChI is InChI=1S/C19H18ClN3O3S/c1-12-4-3-5-13(2)18(12)25-10-17-22-23-19(26-17)27-11-16(24)21-15-8-6-14(20)7-9-15/h3-9H,10-11H2,1-2H3,(H,21,24). The van der Waals surface area contributed by atoms with Gasteiger partial charge in [0.1, 0.15) is 5.75 Å². The molecule has 1 N–H and O–H groups in total. The summed E-state index contributed by atoms with van der Waals surface area (Å²) in [5, 5.41) is 11.6. The number of nitrogens with one attached hydrogen (secondary N) is 1. The second kappa shape index (κ2) is 8.92. The van der Waals surface area contributed by atoms with Gasteiger partial charge in [-0.2, -0.15) is 0 Å². The van der Waals surface area contributed by atoms with Crippen molar-refractivity contribution in [3.8, 4) is 5.75 Å². The number of aryl methyl sites for hydroxylation is 2. The highest BCUT2D eigenvalue weighted by Gasteiger charge is 2.12. The predicted octanol–water partition coefficient (Wildman–Crippen LogP) is 4.65. The van der Waals surface area contributed by atoms with Gasteiger partial charge >= 0.3 is 0 Å². The highest BCUT2D eigenvalue weighted by molar-refractivity contribution is 7.99. The van der Waals surface area contributed by atoms with Crippen LogP contribution in [0.15, 0.2) is 52.1 Å². The molecule has 0 aliphatic rings. The number of carbonyl (C=O) groups is 1. The number of nitrogens with zero attached hydrogens (tertiary/aromatic N) is 2. The molecule has 0 radical (unpaired) electrons. The first-order valence-electron chi connectivity index (χ1n) is 8.21. The maximum absolute atomic E-state index is 12.0. The van der Waals surface area contributed by atoms with E-state index < -0.39 is 0 Å². The minimum absolute atomic E-state index is 0.155. The van der Waals surface area contributed by atoms with Gasteiger partial charge in [0.25, 0.3) is 11.1 Å². The third-order valence-corrected chi connectivity index (χ3v) is 4.72. The first-order chi connectivity index (χ1) is 13.0. The van der Waals surface area contributed by atoms with Gasteiger partial charge in [-0.15, -0.1) is 10.2 Å². The van der Waals surface area contributed by atoms with Crippen molar-refractivity contribution in [2.24, 2.45) is 0 Å². The maximum atomic E-state index is 12.0. The lowest BCUT2D eigenvalue weighted by Crippen LogP contribution is -2.13. The molecular weight excluding hydrogens is 386 g/mol. The van der Waals surface area contributed by atoms with E-state index in [0.717, 1.165) is 16.9 Å². The molecule has 0 atom stereocenters. The number of thioether (sulfide) groups is 1. The Morgan fingerprint density at radius 2 is 1.85 bits per heavy atom. The zero-order chi connectivity index (χ0) is 19.2. The largest absolute Gasteiger partial charge is 0.483 e. The second-order valence-electron chi connectivity index (χ2n) is 5.82. The Kier molecular flexibility index (Phi) is 6.36. The van der Waals surface area contributed by atoms with Gasteiger partial charge in [0.05, 0.1) is 5.75 Å². The molecule has 3 rings (SSSR count). The van der Waals surface area contributed by atoms with E-state index in [1.807, 2.05) is 32.0 Å². The van der Waals surface area contributed by atoms with Gasteiger partial charge in [0, 0.05) is 10.7 Å². The summed E-state index contributed by atoms with van der Waals surface area (Å²) in [6, 6.07) is 12.8. The fourth-order valence-electron chi connectivity index (χ4n) is 2.37. The highest BCUT2D eigenvalue weighted by atomic mass is 35.5. The number of anilines is 1. The Labute approximate surface area is 166 Å².